The first-order valence-corrected chi connectivity index (χ1v) is 11.9. The van der Waals surface area contributed by atoms with E-state index in [1.165, 1.54) is 12.1 Å². The summed E-state index contributed by atoms with van der Waals surface area (Å²) < 4.78 is 21.1. The molecule has 1 aromatic carbocycles. The lowest BCUT2D eigenvalue weighted by Crippen LogP contribution is -2.38. The number of hydrogen-bond donors (Lipinski definition) is 2. The highest BCUT2D eigenvalue weighted by atomic mass is 16.7. The minimum atomic E-state index is -1.35. The van der Waals surface area contributed by atoms with E-state index < -0.39 is 42.1 Å². The van der Waals surface area contributed by atoms with Crippen molar-refractivity contribution in [3.63, 3.8) is 0 Å². The summed E-state index contributed by atoms with van der Waals surface area (Å²) in [6.45, 7) is 8.83. The summed E-state index contributed by atoms with van der Waals surface area (Å²) in [6.07, 6.45) is 0.218. The van der Waals surface area contributed by atoms with Crippen LogP contribution in [-0.2, 0) is 23.9 Å². The van der Waals surface area contributed by atoms with Gasteiger partial charge in [-0.05, 0) is 57.2 Å². The molecule has 0 saturated heterocycles. The summed E-state index contributed by atoms with van der Waals surface area (Å²) in [5.74, 6) is -3.07. The van der Waals surface area contributed by atoms with Crippen LogP contribution in [0.15, 0.2) is 18.2 Å². The van der Waals surface area contributed by atoms with Gasteiger partial charge in [-0.2, -0.15) is 0 Å². The molecule has 10 nitrogen and oxygen atoms in total. The zero-order valence-electron chi connectivity index (χ0n) is 21.1. The molecule has 0 radical (unpaired) electrons. The highest BCUT2D eigenvalue weighted by molar-refractivity contribution is 5.77. The third-order valence-corrected chi connectivity index (χ3v) is 5.23. The molecule has 0 amide bonds. The molecule has 0 aliphatic carbocycles. The number of carbonyl (C=O) groups is 4. The standard InChI is InChI=1S/C25H37NO9/c1-6-9-21(27)34-19-12-11-17(14-20(19)35-22(28)10-7-2)18(23(26)24(29)30)13-16(5)33-25(31)32-15(4)8-3/h11-12,14-16,18,23H,6-10,13,26H2,1-5H3,(H,29,30)/t15?,16?,18?,23-/m0/s1. The lowest BCUT2D eigenvalue weighted by Gasteiger charge is -2.25. The van der Waals surface area contributed by atoms with E-state index in [4.69, 9.17) is 24.7 Å². The summed E-state index contributed by atoms with van der Waals surface area (Å²) in [5, 5.41) is 9.56. The Balaban J connectivity index is 3.25. The van der Waals surface area contributed by atoms with Gasteiger partial charge in [-0.15, -0.1) is 0 Å². The van der Waals surface area contributed by atoms with E-state index in [-0.39, 0.29) is 36.9 Å². The molecule has 0 aromatic heterocycles. The van der Waals surface area contributed by atoms with Crippen LogP contribution >= 0.6 is 0 Å². The second-order valence-electron chi connectivity index (χ2n) is 8.38. The van der Waals surface area contributed by atoms with Crippen molar-refractivity contribution in [1.29, 1.82) is 0 Å². The number of rotatable bonds is 14. The topological polar surface area (TPSA) is 151 Å². The normalized spacial score (nSPS) is 14.2. The van der Waals surface area contributed by atoms with Crippen molar-refractivity contribution < 1.29 is 43.2 Å². The zero-order valence-corrected chi connectivity index (χ0v) is 21.1. The van der Waals surface area contributed by atoms with E-state index in [0.29, 0.717) is 24.8 Å². The van der Waals surface area contributed by atoms with Crippen molar-refractivity contribution in [2.75, 3.05) is 0 Å². The summed E-state index contributed by atoms with van der Waals surface area (Å²) in [7, 11) is 0. The van der Waals surface area contributed by atoms with Gasteiger partial charge in [0.2, 0.25) is 0 Å². The number of carboxylic acids is 1. The highest BCUT2D eigenvalue weighted by Crippen LogP contribution is 2.35. The first-order valence-electron chi connectivity index (χ1n) is 11.9. The van der Waals surface area contributed by atoms with Crippen LogP contribution in [0.1, 0.15) is 84.6 Å². The first-order chi connectivity index (χ1) is 16.5. The van der Waals surface area contributed by atoms with Gasteiger partial charge in [0.15, 0.2) is 11.5 Å². The summed E-state index contributed by atoms with van der Waals surface area (Å²) >= 11 is 0. The van der Waals surface area contributed by atoms with Crippen molar-refractivity contribution >= 4 is 24.1 Å². The Labute approximate surface area is 206 Å². The van der Waals surface area contributed by atoms with Crippen LogP contribution in [0.2, 0.25) is 0 Å². The van der Waals surface area contributed by atoms with Crippen LogP contribution in [0.25, 0.3) is 0 Å². The average molecular weight is 496 g/mol. The molecule has 0 fully saturated rings. The Kier molecular flexibility index (Phi) is 12.8. The summed E-state index contributed by atoms with van der Waals surface area (Å²) in [5.41, 5.74) is 6.38. The van der Waals surface area contributed by atoms with E-state index in [1.807, 2.05) is 20.8 Å². The van der Waals surface area contributed by atoms with Gasteiger partial charge in [0.25, 0.3) is 0 Å². The van der Waals surface area contributed by atoms with Crippen LogP contribution in [0.3, 0.4) is 0 Å². The number of benzene rings is 1. The molecular formula is C25H37NO9. The number of nitrogens with two attached hydrogens (primary N) is 1. The number of aliphatic carboxylic acids is 1. The lowest BCUT2D eigenvalue weighted by molar-refractivity contribution is -0.139. The number of ether oxygens (including phenoxy) is 4. The maximum atomic E-state index is 12.2. The van der Waals surface area contributed by atoms with Crippen molar-refractivity contribution in [3.8, 4) is 11.5 Å². The Hall–Kier alpha value is -3.14. The Bertz CT molecular complexity index is 870. The number of carboxylic acid groups (broad SMARTS) is 1. The van der Waals surface area contributed by atoms with Crippen LogP contribution < -0.4 is 15.2 Å². The number of esters is 2. The molecule has 196 valence electrons. The molecule has 3 N–H and O–H groups in total. The minimum absolute atomic E-state index is 0.0160. The lowest BCUT2D eigenvalue weighted by atomic mass is 9.87. The van der Waals surface area contributed by atoms with Crippen LogP contribution in [0.5, 0.6) is 11.5 Å². The fraction of sp³-hybridized carbons (Fsp3) is 0.600. The van der Waals surface area contributed by atoms with Crippen molar-refractivity contribution in [2.24, 2.45) is 5.73 Å². The minimum Gasteiger partial charge on any atom is -0.480 e. The molecule has 1 aromatic rings. The molecule has 3 unspecified atom stereocenters. The SMILES string of the molecule is CCCC(=O)Oc1ccc(C(CC(C)OC(=O)OC(C)CC)[C@H](N)C(=O)O)cc1OC(=O)CCC. The van der Waals surface area contributed by atoms with E-state index in [2.05, 4.69) is 0 Å². The van der Waals surface area contributed by atoms with E-state index in [1.54, 1.807) is 19.9 Å². The quantitative estimate of drug-likeness (QED) is 0.282. The summed E-state index contributed by atoms with van der Waals surface area (Å²) in [4.78, 5) is 47.9. The second kappa shape index (κ2) is 15.0. The Morgan fingerprint density at radius 1 is 0.886 bits per heavy atom. The zero-order chi connectivity index (χ0) is 26.5. The maximum absolute atomic E-state index is 12.2. The number of carbonyl (C=O) groups excluding carboxylic acids is 3. The molecule has 0 spiro atoms. The van der Waals surface area contributed by atoms with Gasteiger partial charge >= 0.3 is 24.1 Å². The molecule has 35 heavy (non-hydrogen) atoms. The van der Waals surface area contributed by atoms with Gasteiger partial charge in [0, 0.05) is 18.8 Å². The van der Waals surface area contributed by atoms with Crippen molar-refractivity contribution in [3.05, 3.63) is 23.8 Å². The van der Waals surface area contributed by atoms with Gasteiger partial charge in [-0.25, -0.2) is 4.79 Å². The molecule has 0 aliphatic heterocycles. The summed E-state index contributed by atoms with van der Waals surface area (Å²) in [6, 6.07) is 3.06. The monoisotopic (exact) mass is 495 g/mol. The molecule has 0 bridgehead atoms. The predicted octanol–water partition coefficient (Wildman–Crippen LogP) is 4.32. The molecule has 4 atom stereocenters. The van der Waals surface area contributed by atoms with E-state index in [0.717, 1.165) is 0 Å². The smallest absolute Gasteiger partial charge is 0.480 e. The Morgan fingerprint density at radius 2 is 1.43 bits per heavy atom. The predicted molar refractivity (Wildman–Crippen MR) is 127 cm³/mol. The fourth-order valence-corrected chi connectivity index (χ4v) is 3.18. The van der Waals surface area contributed by atoms with Crippen LogP contribution in [0.4, 0.5) is 4.79 Å². The molecular weight excluding hydrogens is 458 g/mol. The van der Waals surface area contributed by atoms with Gasteiger partial charge in [-0.1, -0.05) is 26.8 Å². The molecule has 0 aliphatic rings. The number of hydrogen-bond acceptors (Lipinski definition) is 9. The molecule has 1 rings (SSSR count). The Morgan fingerprint density at radius 3 is 1.94 bits per heavy atom. The van der Waals surface area contributed by atoms with Gasteiger partial charge in [0.1, 0.15) is 18.2 Å². The molecule has 0 heterocycles. The third kappa shape index (κ3) is 10.3. The van der Waals surface area contributed by atoms with Gasteiger partial charge < -0.3 is 29.8 Å². The second-order valence-corrected chi connectivity index (χ2v) is 8.38. The maximum Gasteiger partial charge on any atom is 0.508 e. The fourth-order valence-electron chi connectivity index (χ4n) is 3.18. The van der Waals surface area contributed by atoms with E-state index >= 15 is 0 Å². The van der Waals surface area contributed by atoms with Crippen molar-refractivity contribution in [1.82, 2.24) is 0 Å². The third-order valence-electron chi connectivity index (χ3n) is 5.23. The molecule has 10 heteroatoms. The van der Waals surface area contributed by atoms with Crippen molar-refractivity contribution in [2.45, 2.75) is 97.3 Å². The highest BCUT2D eigenvalue weighted by Gasteiger charge is 2.30. The van der Waals surface area contributed by atoms with E-state index in [9.17, 15) is 24.3 Å². The molecule has 0 saturated carbocycles. The van der Waals surface area contributed by atoms with Crippen LogP contribution in [0, 0.1) is 0 Å². The first kappa shape index (κ1) is 29.9. The largest absolute Gasteiger partial charge is 0.508 e. The van der Waals surface area contributed by atoms with Gasteiger partial charge in [-0.3, -0.25) is 14.4 Å². The van der Waals surface area contributed by atoms with Crippen LogP contribution in [-0.4, -0.2) is 47.4 Å². The average Bonchev–Trinajstić information content (AvgIpc) is 2.78. The van der Waals surface area contributed by atoms with Gasteiger partial charge in [0.05, 0.1) is 0 Å².